The summed E-state index contributed by atoms with van der Waals surface area (Å²) in [6.45, 7) is 3.92. The molecule has 0 spiro atoms. The first kappa shape index (κ1) is 13.1. The van der Waals surface area contributed by atoms with Crippen LogP contribution in [0.4, 0.5) is 5.69 Å². The predicted octanol–water partition coefficient (Wildman–Crippen LogP) is 2.00. The van der Waals surface area contributed by atoms with E-state index in [1.807, 2.05) is 32.0 Å². The number of rotatable bonds is 2. The van der Waals surface area contributed by atoms with Gasteiger partial charge in [-0.05, 0) is 37.1 Å². The van der Waals surface area contributed by atoms with Crippen molar-refractivity contribution in [3.63, 3.8) is 0 Å². The van der Waals surface area contributed by atoms with Crippen LogP contribution in [0, 0.1) is 6.92 Å². The molecule has 0 aromatic heterocycles. The van der Waals surface area contributed by atoms with Gasteiger partial charge in [-0.2, -0.15) is 0 Å². The molecule has 1 saturated heterocycles. The molecule has 0 aliphatic carbocycles. The Kier molecular flexibility index (Phi) is 3.71. The molecule has 18 heavy (non-hydrogen) atoms. The molecule has 96 valence electrons. The predicted molar refractivity (Wildman–Crippen MR) is 73.5 cm³/mol. The minimum Gasteiger partial charge on any atom is -0.343 e. The average Bonchev–Trinajstić information content (AvgIpc) is 2.32. The molecule has 1 aliphatic heterocycles. The quantitative estimate of drug-likeness (QED) is 0.908. The minimum absolute atomic E-state index is 0.0393. The summed E-state index contributed by atoms with van der Waals surface area (Å²) < 4.78 is 0.963. The molecule has 4 nitrogen and oxygen atoms in total. The summed E-state index contributed by atoms with van der Waals surface area (Å²) in [6, 6.07) is 5.27. The van der Waals surface area contributed by atoms with Crippen LogP contribution in [0.3, 0.4) is 0 Å². The van der Waals surface area contributed by atoms with Crippen molar-refractivity contribution in [1.29, 1.82) is 0 Å². The number of carbonyl (C=O) groups is 2. The number of nitrogens with zero attached hydrogens (tertiary/aromatic N) is 1. The highest BCUT2D eigenvalue weighted by molar-refractivity contribution is 9.10. The summed E-state index contributed by atoms with van der Waals surface area (Å²) in [5, 5.41) is 2.71. The number of aryl methyl sites for hydroxylation is 1. The first-order valence-corrected chi connectivity index (χ1v) is 6.69. The number of benzene rings is 1. The summed E-state index contributed by atoms with van der Waals surface area (Å²) in [6.07, 6.45) is 0.608. The van der Waals surface area contributed by atoms with Crippen LogP contribution in [0.5, 0.6) is 0 Å². The highest BCUT2D eigenvalue weighted by Gasteiger charge is 2.32. The van der Waals surface area contributed by atoms with Crippen LogP contribution in [0.1, 0.15) is 18.9 Å². The number of halogens is 1. The van der Waals surface area contributed by atoms with Crippen molar-refractivity contribution >= 4 is 33.4 Å². The van der Waals surface area contributed by atoms with E-state index in [1.54, 1.807) is 4.90 Å². The number of nitrogens with one attached hydrogen (secondary N) is 1. The zero-order chi connectivity index (χ0) is 13.3. The zero-order valence-corrected chi connectivity index (χ0v) is 12.0. The maximum atomic E-state index is 12.2. The first-order valence-electron chi connectivity index (χ1n) is 5.89. The maximum absolute atomic E-state index is 12.2. The van der Waals surface area contributed by atoms with Gasteiger partial charge in [0.1, 0.15) is 12.6 Å². The highest BCUT2D eigenvalue weighted by atomic mass is 79.9. The van der Waals surface area contributed by atoms with Crippen molar-refractivity contribution in [2.45, 2.75) is 26.3 Å². The third-order valence-corrected chi connectivity index (χ3v) is 3.55. The van der Waals surface area contributed by atoms with Crippen LogP contribution < -0.4 is 10.2 Å². The zero-order valence-electron chi connectivity index (χ0n) is 10.4. The van der Waals surface area contributed by atoms with Crippen molar-refractivity contribution in [1.82, 2.24) is 5.32 Å². The summed E-state index contributed by atoms with van der Waals surface area (Å²) in [5.41, 5.74) is 1.78. The number of anilines is 1. The van der Waals surface area contributed by atoms with Crippen LogP contribution >= 0.6 is 15.9 Å². The fraction of sp³-hybridized carbons (Fsp3) is 0.385. The number of carbonyl (C=O) groups excluding carboxylic acids is 2. The van der Waals surface area contributed by atoms with E-state index in [0.717, 1.165) is 15.7 Å². The van der Waals surface area contributed by atoms with Gasteiger partial charge in [0.15, 0.2) is 0 Å². The van der Waals surface area contributed by atoms with Gasteiger partial charge >= 0.3 is 0 Å². The molecular formula is C13H15BrN2O2. The topological polar surface area (TPSA) is 49.4 Å². The summed E-state index contributed by atoms with van der Waals surface area (Å²) in [4.78, 5) is 25.4. The molecule has 1 aromatic carbocycles. The number of hydrogen-bond acceptors (Lipinski definition) is 2. The molecule has 1 aromatic rings. The van der Waals surface area contributed by atoms with E-state index < -0.39 is 6.04 Å². The third kappa shape index (κ3) is 2.41. The second-order valence-corrected chi connectivity index (χ2v) is 5.30. The SMILES string of the molecule is CCC1NC(=O)CN(c2ccc(Br)cc2C)C1=O. The fourth-order valence-electron chi connectivity index (χ4n) is 2.11. The Morgan fingerprint density at radius 1 is 1.44 bits per heavy atom. The van der Waals surface area contributed by atoms with Gasteiger partial charge < -0.3 is 10.2 Å². The van der Waals surface area contributed by atoms with Gasteiger partial charge in [0.05, 0.1) is 0 Å². The molecule has 5 heteroatoms. The second kappa shape index (κ2) is 5.10. The van der Waals surface area contributed by atoms with Gasteiger partial charge in [0, 0.05) is 10.2 Å². The van der Waals surface area contributed by atoms with Gasteiger partial charge in [-0.3, -0.25) is 9.59 Å². The molecule has 1 N–H and O–H groups in total. The second-order valence-electron chi connectivity index (χ2n) is 4.38. The van der Waals surface area contributed by atoms with Crippen LogP contribution in [0.25, 0.3) is 0 Å². The molecule has 0 bridgehead atoms. The lowest BCUT2D eigenvalue weighted by Crippen LogP contribution is -2.58. The van der Waals surface area contributed by atoms with Crippen molar-refractivity contribution < 1.29 is 9.59 Å². The molecule has 1 heterocycles. The first-order chi connectivity index (χ1) is 8.52. The fourth-order valence-corrected chi connectivity index (χ4v) is 2.59. The van der Waals surface area contributed by atoms with Crippen molar-refractivity contribution in [3.05, 3.63) is 28.2 Å². The van der Waals surface area contributed by atoms with Crippen molar-refractivity contribution in [2.75, 3.05) is 11.4 Å². The van der Waals surface area contributed by atoms with Gasteiger partial charge in [-0.25, -0.2) is 0 Å². The van der Waals surface area contributed by atoms with E-state index in [9.17, 15) is 9.59 Å². The summed E-state index contributed by atoms with van der Waals surface area (Å²) in [5.74, 6) is -0.147. The molecule has 1 aliphatic rings. The molecule has 2 amide bonds. The van der Waals surface area contributed by atoms with Gasteiger partial charge in [0.25, 0.3) is 0 Å². The monoisotopic (exact) mass is 310 g/mol. The molecule has 1 atom stereocenters. The average molecular weight is 311 g/mol. The molecule has 0 saturated carbocycles. The Morgan fingerprint density at radius 2 is 2.17 bits per heavy atom. The van der Waals surface area contributed by atoms with Crippen LogP contribution in [0.15, 0.2) is 22.7 Å². The third-order valence-electron chi connectivity index (χ3n) is 3.06. The Labute approximate surface area is 114 Å². The van der Waals surface area contributed by atoms with Gasteiger partial charge in [-0.1, -0.05) is 22.9 Å². The molecule has 2 rings (SSSR count). The van der Waals surface area contributed by atoms with Crippen molar-refractivity contribution in [2.24, 2.45) is 0 Å². The maximum Gasteiger partial charge on any atom is 0.250 e. The highest BCUT2D eigenvalue weighted by Crippen LogP contribution is 2.25. The van der Waals surface area contributed by atoms with E-state index in [1.165, 1.54) is 0 Å². The Bertz CT molecular complexity index is 502. The lowest BCUT2D eigenvalue weighted by molar-refractivity contribution is -0.131. The van der Waals surface area contributed by atoms with E-state index >= 15 is 0 Å². The summed E-state index contributed by atoms with van der Waals surface area (Å²) >= 11 is 3.39. The van der Waals surface area contributed by atoms with Gasteiger partial charge in [-0.15, -0.1) is 0 Å². The van der Waals surface area contributed by atoms with Crippen LogP contribution in [-0.2, 0) is 9.59 Å². The Balaban J connectivity index is 2.36. The normalized spacial score (nSPS) is 19.9. The van der Waals surface area contributed by atoms with Crippen LogP contribution in [0.2, 0.25) is 0 Å². The molecule has 1 fully saturated rings. The number of amides is 2. The Morgan fingerprint density at radius 3 is 2.78 bits per heavy atom. The van der Waals surface area contributed by atoms with Crippen molar-refractivity contribution in [3.8, 4) is 0 Å². The number of hydrogen-bond donors (Lipinski definition) is 1. The largest absolute Gasteiger partial charge is 0.343 e. The number of piperazine rings is 1. The van der Waals surface area contributed by atoms with E-state index in [4.69, 9.17) is 0 Å². The lowest BCUT2D eigenvalue weighted by Gasteiger charge is -2.33. The smallest absolute Gasteiger partial charge is 0.250 e. The van der Waals surface area contributed by atoms with E-state index in [0.29, 0.717) is 6.42 Å². The minimum atomic E-state index is -0.408. The lowest BCUT2D eigenvalue weighted by atomic mass is 10.1. The van der Waals surface area contributed by atoms with E-state index in [2.05, 4.69) is 21.2 Å². The molecule has 0 radical (unpaired) electrons. The molecular weight excluding hydrogens is 296 g/mol. The standard InChI is InChI=1S/C13H15BrN2O2/c1-3-10-13(18)16(7-12(17)15-10)11-5-4-9(14)6-8(11)2/h4-6,10H,3,7H2,1-2H3,(H,15,17). The van der Waals surface area contributed by atoms with Crippen LogP contribution in [-0.4, -0.2) is 24.4 Å². The molecule has 1 unspecified atom stereocenters. The summed E-state index contributed by atoms with van der Waals surface area (Å²) in [7, 11) is 0. The van der Waals surface area contributed by atoms with Gasteiger partial charge in [0.2, 0.25) is 11.8 Å². The van der Waals surface area contributed by atoms with E-state index in [-0.39, 0.29) is 18.4 Å². The Hall–Kier alpha value is -1.36.